The first kappa shape index (κ1) is 19.3. The van der Waals surface area contributed by atoms with Gasteiger partial charge in [0.15, 0.2) is 16.8 Å². The maximum atomic E-state index is 13.1. The fourth-order valence-electron chi connectivity index (χ4n) is 2.91. The summed E-state index contributed by atoms with van der Waals surface area (Å²) in [6, 6.07) is 12.3. The first-order chi connectivity index (χ1) is 13.0. The van der Waals surface area contributed by atoms with Gasteiger partial charge in [-0.15, -0.1) is 10.2 Å². The van der Waals surface area contributed by atoms with Gasteiger partial charge in [0, 0.05) is 18.2 Å². The molecule has 1 aromatic heterocycles. The van der Waals surface area contributed by atoms with Gasteiger partial charge in [-0.25, -0.2) is 4.39 Å². The summed E-state index contributed by atoms with van der Waals surface area (Å²) >= 11 is 1.37. The zero-order valence-corrected chi connectivity index (χ0v) is 16.5. The Kier molecular flexibility index (Phi) is 6.06. The molecule has 0 unspecified atom stereocenters. The molecule has 0 spiro atoms. The average molecular weight is 383 g/mol. The number of nitrogens with zero attached hydrogens (tertiary/aromatic N) is 3. The zero-order valence-electron chi connectivity index (χ0n) is 15.7. The van der Waals surface area contributed by atoms with Crippen molar-refractivity contribution >= 4 is 17.5 Å². The molecule has 6 heteroatoms. The summed E-state index contributed by atoms with van der Waals surface area (Å²) in [5.41, 5.74) is 3.82. The lowest BCUT2D eigenvalue weighted by molar-refractivity contribution is 0.102. The van der Waals surface area contributed by atoms with Crippen LogP contribution in [0.15, 0.2) is 47.6 Å². The van der Waals surface area contributed by atoms with Crippen molar-refractivity contribution in [1.82, 2.24) is 14.8 Å². The number of rotatable bonds is 7. The topological polar surface area (TPSA) is 47.8 Å². The van der Waals surface area contributed by atoms with Gasteiger partial charge >= 0.3 is 0 Å². The highest BCUT2D eigenvalue weighted by Crippen LogP contribution is 2.24. The second-order valence-corrected chi connectivity index (χ2v) is 7.23. The third kappa shape index (κ3) is 4.27. The highest BCUT2D eigenvalue weighted by atomic mass is 32.2. The summed E-state index contributed by atoms with van der Waals surface area (Å²) in [5, 5.41) is 9.03. The van der Waals surface area contributed by atoms with Gasteiger partial charge in [0.05, 0.1) is 5.75 Å². The molecule has 0 saturated carbocycles. The molecule has 4 nitrogen and oxygen atoms in total. The van der Waals surface area contributed by atoms with Crippen molar-refractivity contribution in [1.29, 1.82) is 0 Å². The number of hydrogen-bond donors (Lipinski definition) is 0. The molecule has 0 aliphatic rings. The van der Waals surface area contributed by atoms with Crippen LogP contribution in [0.25, 0.3) is 11.4 Å². The average Bonchev–Trinajstić information content (AvgIpc) is 3.06. The van der Waals surface area contributed by atoms with Gasteiger partial charge in [-0.1, -0.05) is 37.7 Å². The van der Waals surface area contributed by atoms with Crippen LogP contribution in [0.3, 0.4) is 0 Å². The molecule has 27 heavy (non-hydrogen) atoms. The zero-order chi connectivity index (χ0) is 19.4. The molecule has 0 amide bonds. The van der Waals surface area contributed by atoms with Crippen LogP contribution in [0.5, 0.6) is 0 Å². The summed E-state index contributed by atoms with van der Waals surface area (Å²) in [7, 11) is 1.85. The van der Waals surface area contributed by atoms with Crippen molar-refractivity contribution in [3.05, 3.63) is 65.0 Å². The van der Waals surface area contributed by atoms with Crippen LogP contribution in [0, 0.1) is 5.82 Å². The van der Waals surface area contributed by atoms with Crippen LogP contribution >= 0.6 is 11.8 Å². The summed E-state index contributed by atoms with van der Waals surface area (Å²) in [6.45, 7) is 4.14. The minimum Gasteiger partial charge on any atom is -0.305 e. The summed E-state index contributed by atoms with van der Waals surface area (Å²) in [6.07, 6.45) is 1.73. The molecule has 140 valence electrons. The summed E-state index contributed by atoms with van der Waals surface area (Å²) in [5.74, 6) is 0.753. The maximum absolute atomic E-state index is 13.1. The number of aromatic nitrogens is 3. The fraction of sp³-hybridized carbons (Fsp3) is 0.286. The number of thioether (sulfide) groups is 1. The number of benzene rings is 2. The number of carbonyl (C=O) groups is 1. The summed E-state index contributed by atoms with van der Waals surface area (Å²) in [4.78, 5) is 12.8. The second kappa shape index (κ2) is 8.48. The molecule has 2 aromatic carbocycles. The number of ketones is 1. The van der Waals surface area contributed by atoms with E-state index in [0.717, 1.165) is 35.1 Å². The number of hydrogen-bond acceptors (Lipinski definition) is 4. The summed E-state index contributed by atoms with van der Waals surface area (Å²) < 4.78 is 14.9. The van der Waals surface area contributed by atoms with E-state index in [1.165, 1.54) is 23.9 Å². The van der Waals surface area contributed by atoms with Gasteiger partial charge in [0.2, 0.25) is 0 Å². The van der Waals surface area contributed by atoms with E-state index in [1.807, 2.05) is 23.7 Å². The van der Waals surface area contributed by atoms with Crippen molar-refractivity contribution in [2.75, 3.05) is 5.75 Å². The monoisotopic (exact) mass is 383 g/mol. The van der Waals surface area contributed by atoms with Crippen LogP contribution in [0.4, 0.5) is 4.39 Å². The van der Waals surface area contributed by atoms with E-state index in [1.54, 1.807) is 12.1 Å². The Hall–Kier alpha value is -2.47. The third-order valence-electron chi connectivity index (χ3n) is 4.53. The Morgan fingerprint density at radius 3 is 2.48 bits per heavy atom. The molecular weight excluding hydrogens is 361 g/mol. The highest BCUT2D eigenvalue weighted by Gasteiger charge is 2.16. The van der Waals surface area contributed by atoms with Crippen LogP contribution in [0.2, 0.25) is 0 Å². The minimum atomic E-state index is -0.290. The Morgan fingerprint density at radius 1 is 1.07 bits per heavy atom. The van der Waals surface area contributed by atoms with Crippen LogP contribution in [0.1, 0.15) is 35.3 Å². The largest absolute Gasteiger partial charge is 0.305 e. The second-order valence-electron chi connectivity index (χ2n) is 6.28. The Balaban J connectivity index is 1.76. The minimum absolute atomic E-state index is 0.0958. The number of carbonyl (C=O) groups excluding carboxylic acids is 1. The predicted molar refractivity (Wildman–Crippen MR) is 107 cm³/mol. The van der Waals surface area contributed by atoms with Crippen LogP contribution < -0.4 is 0 Å². The molecule has 0 N–H and O–H groups in total. The molecule has 0 atom stereocenters. The van der Waals surface area contributed by atoms with Crippen molar-refractivity contribution < 1.29 is 9.18 Å². The molecule has 1 heterocycles. The number of aryl methyl sites for hydroxylation is 2. The molecule has 3 rings (SSSR count). The van der Waals surface area contributed by atoms with E-state index in [-0.39, 0.29) is 11.6 Å². The predicted octanol–water partition coefficient (Wildman–Crippen LogP) is 4.72. The van der Waals surface area contributed by atoms with Gasteiger partial charge in [0.1, 0.15) is 5.82 Å². The van der Waals surface area contributed by atoms with Gasteiger partial charge in [-0.2, -0.15) is 0 Å². The molecule has 0 bridgehead atoms. The fourth-order valence-corrected chi connectivity index (χ4v) is 3.70. The van der Waals surface area contributed by atoms with E-state index in [0.29, 0.717) is 16.7 Å². The van der Waals surface area contributed by atoms with Crippen molar-refractivity contribution in [2.24, 2.45) is 7.05 Å². The number of halogens is 1. The molecular formula is C21H22FN3OS. The smallest absolute Gasteiger partial charge is 0.191 e. The van der Waals surface area contributed by atoms with Gasteiger partial charge in [0.25, 0.3) is 0 Å². The SMILES string of the molecule is CCc1ccc(CC)c(C(=O)CSc2nnc(-c3ccc(F)cc3)n2C)c1. The lowest BCUT2D eigenvalue weighted by Crippen LogP contribution is -2.08. The van der Waals surface area contributed by atoms with Crippen molar-refractivity contribution in [2.45, 2.75) is 31.8 Å². The van der Waals surface area contributed by atoms with Gasteiger partial charge < -0.3 is 4.57 Å². The molecule has 0 fully saturated rings. The first-order valence-electron chi connectivity index (χ1n) is 8.96. The van der Waals surface area contributed by atoms with E-state index < -0.39 is 0 Å². The molecule has 0 radical (unpaired) electrons. The van der Waals surface area contributed by atoms with Crippen LogP contribution in [-0.2, 0) is 19.9 Å². The standard InChI is InChI=1S/C21H22FN3OS/c1-4-14-6-7-15(5-2)18(12-14)19(26)13-27-21-24-23-20(25(21)3)16-8-10-17(22)11-9-16/h6-12H,4-5,13H2,1-3H3. The molecule has 0 aliphatic heterocycles. The molecule has 3 aromatic rings. The first-order valence-corrected chi connectivity index (χ1v) is 9.95. The van der Waals surface area contributed by atoms with Gasteiger partial charge in [-0.05, 0) is 54.3 Å². The quantitative estimate of drug-likeness (QED) is 0.437. The van der Waals surface area contributed by atoms with Gasteiger partial charge in [-0.3, -0.25) is 4.79 Å². The molecule has 0 saturated heterocycles. The molecule has 0 aliphatic carbocycles. The number of Topliss-reactive ketones (excluding diaryl/α,β-unsaturated/α-hetero) is 1. The maximum Gasteiger partial charge on any atom is 0.191 e. The van der Waals surface area contributed by atoms with Crippen molar-refractivity contribution in [3.63, 3.8) is 0 Å². The van der Waals surface area contributed by atoms with E-state index in [9.17, 15) is 9.18 Å². The highest BCUT2D eigenvalue weighted by molar-refractivity contribution is 7.99. The van der Waals surface area contributed by atoms with E-state index >= 15 is 0 Å². The Morgan fingerprint density at radius 2 is 1.81 bits per heavy atom. The lowest BCUT2D eigenvalue weighted by Gasteiger charge is -2.09. The van der Waals surface area contributed by atoms with Crippen LogP contribution in [-0.4, -0.2) is 26.3 Å². The lowest BCUT2D eigenvalue weighted by atomic mass is 9.98. The normalized spacial score (nSPS) is 11.0. The Labute approximate surface area is 162 Å². The van der Waals surface area contributed by atoms with E-state index in [2.05, 4.69) is 30.1 Å². The third-order valence-corrected chi connectivity index (χ3v) is 5.55. The van der Waals surface area contributed by atoms with E-state index in [4.69, 9.17) is 0 Å². The Bertz CT molecular complexity index is 951. The van der Waals surface area contributed by atoms with Crippen molar-refractivity contribution in [3.8, 4) is 11.4 Å².